The highest BCUT2D eigenvalue weighted by Crippen LogP contribution is 2.28. The average Bonchev–Trinajstić information content (AvgIpc) is 3.02. The van der Waals surface area contributed by atoms with Crippen molar-refractivity contribution in [2.45, 2.75) is 10.1 Å². The number of hydrogen-bond acceptors (Lipinski definition) is 6. The molecule has 8 heteroatoms. The van der Waals surface area contributed by atoms with Crippen LogP contribution in [0.15, 0.2) is 53.0 Å². The third-order valence-corrected chi connectivity index (χ3v) is 5.28. The normalized spacial score (nSPS) is 10.4. The first-order valence-corrected chi connectivity index (χ1v) is 8.93. The van der Waals surface area contributed by atoms with Crippen molar-refractivity contribution >= 4 is 46.4 Å². The van der Waals surface area contributed by atoms with Crippen LogP contribution in [0.5, 0.6) is 0 Å². The van der Waals surface area contributed by atoms with E-state index in [9.17, 15) is 4.79 Å². The van der Waals surface area contributed by atoms with E-state index >= 15 is 0 Å². The fourth-order valence-corrected chi connectivity index (χ4v) is 3.73. The Morgan fingerprint density at radius 1 is 1.22 bits per heavy atom. The Balaban J connectivity index is 1.62. The lowest BCUT2D eigenvalue weighted by atomic mass is 10.2. The summed E-state index contributed by atoms with van der Waals surface area (Å²) >= 11 is 8.03. The number of aromatic amines is 1. The van der Waals surface area contributed by atoms with E-state index in [-0.39, 0.29) is 5.91 Å². The first kappa shape index (κ1) is 15.9. The number of aromatic nitrogens is 3. The summed E-state index contributed by atoms with van der Waals surface area (Å²) < 4.78 is 1.20. The zero-order chi connectivity index (χ0) is 16.1. The lowest BCUT2D eigenvalue weighted by Gasteiger charge is -2.00. The van der Waals surface area contributed by atoms with Crippen molar-refractivity contribution in [2.24, 2.45) is 0 Å². The van der Waals surface area contributed by atoms with Gasteiger partial charge >= 0.3 is 0 Å². The summed E-state index contributed by atoms with van der Waals surface area (Å²) in [5.41, 5.74) is 1.63. The van der Waals surface area contributed by atoms with Gasteiger partial charge in [-0.1, -0.05) is 65.6 Å². The van der Waals surface area contributed by atoms with E-state index < -0.39 is 0 Å². The minimum Gasteiger partial charge on any atom is -0.352 e. The van der Waals surface area contributed by atoms with Crippen LogP contribution < -0.4 is 5.32 Å². The zero-order valence-corrected chi connectivity index (χ0v) is 14.3. The fraction of sp³-hybridized carbons (Fsp3) is 0.0667. The van der Waals surface area contributed by atoms with Crippen LogP contribution >= 0.6 is 35.3 Å². The molecule has 2 heterocycles. The largest absolute Gasteiger partial charge is 0.352 e. The van der Waals surface area contributed by atoms with E-state index in [1.54, 1.807) is 30.1 Å². The van der Waals surface area contributed by atoms with Crippen LogP contribution in [0.1, 0.15) is 15.9 Å². The molecule has 0 aliphatic carbocycles. The molecule has 2 aromatic heterocycles. The molecule has 2 N–H and O–H groups in total. The summed E-state index contributed by atoms with van der Waals surface area (Å²) in [4.78, 5) is 15.0. The number of benzene rings is 1. The molecule has 23 heavy (non-hydrogen) atoms. The summed E-state index contributed by atoms with van der Waals surface area (Å²) in [6.45, 7) is 0. The smallest absolute Gasteiger partial charge is 0.260 e. The molecule has 0 unspecified atom stereocenters. The van der Waals surface area contributed by atoms with E-state index in [0.717, 1.165) is 10.1 Å². The number of pyridine rings is 1. The maximum atomic E-state index is 12.2. The van der Waals surface area contributed by atoms with E-state index in [4.69, 9.17) is 12.2 Å². The van der Waals surface area contributed by atoms with E-state index in [1.807, 2.05) is 18.2 Å². The Morgan fingerprint density at radius 2 is 2.04 bits per heavy atom. The Bertz CT molecular complexity index is 860. The maximum absolute atomic E-state index is 12.2. The predicted octanol–water partition coefficient (Wildman–Crippen LogP) is 4.14. The van der Waals surface area contributed by atoms with Gasteiger partial charge in [0.1, 0.15) is 4.64 Å². The second kappa shape index (κ2) is 7.49. The molecule has 3 rings (SSSR count). The molecule has 1 aromatic carbocycles. The summed E-state index contributed by atoms with van der Waals surface area (Å²) in [6, 6.07) is 13.5. The van der Waals surface area contributed by atoms with Gasteiger partial charge in [0.2, 0.25) is 5.13 Å². The highest BCUT2D eigenvalue weighted by Gasteiger charge is 2.11. The van der Waals surface area contributed by atoms with Gasteiger partial charge in [0.25, 0.3) is 5.91 Å². The third kappa shape index (κ3) is 4.25. The van der Waals surface area contributed by atoms with E-state index in [0.29, 0.717) is 15.3 Å². The topological polar surface area (TPSA) is 70.7 Å². The summed E-state index contributed by atoms with van der Waals surface area (Å²) in [7, 11) is 0. The van der Waals surface area contributed by atoms with Gasteiger partial charge in [-0.2, -0.15) is 0 Å². The monoisotopic (exact) mass is 360 g/mol. The quantitative estimate of drug-likeness (QED) is 0.406. The lowest BCUT2D eigenvalue weighted by molar-refractivity contribution is 0.102. The molecule has 0 bridgehead atoms. The summed E-state index contributed by atoms with van der Waals surface area (Å²) in [5.74, 6) is 0.524. The number of nitrogens with one attached hydrogen (secondary N) is 2. The van der Waals surface area contributed by atoms with E-state index in [2.05, 4.69) is 32.6 Å². The first-order chi connectivity index (χ1) is 11.2. The molecule has 3 aromatic rings. The Labute approximate surface area is 146 Å². The molecule has 5 nitrogen and oxygen atoms in total. The number of carbonyl (C=O) groups is 1. The van der Waals surface area contributed by atoms with Gasteiger partial charge < -0.3 is 4.98 Å². The maximum Gasteiger partial charge on any atom is 0.260 e. The third-order valence-electron chi connectivity index (χ3n) is 2.89. The minimum absolute atomic E-state index is 0.289. The van der Waals surface area contributed by atoms with Crippen LogP contribution in [0.3, 0.4) is 0 Å². The Hall–Kier alpha value is -2.03. The van der Waals surface area contributed by atoms with Gasteiger partial charge in [-0.05, 0) is 17.7 Å². The van der Waals surface area contributed by atoms with Crippen molar-refractivity contribution in [3.63, 3.8) is 0 Å². The molecule has 0 aliphatic heterocycles. The molecule has 116 valence electrons. The second-order valence-corrected chi connectivity index (χ2v) is 7.12. The van der Waals surface area contributed by atoms with Crippen LogP contribution in [-0.2, 0) is 5.75 Å². The predicted molar refractivity (Wildman–Crippen MR) is 95.5 cm³/mol. The van der Waals surface area contributed by atoms with Crippen molar-refractivity contribution in [1.82, 2.24) is 15.2 Å². The average molecular weight is 360 g/mol. The number of nitrogens with zero attached hydrogens (tertiary/aromatic N) is 2. The number of amides is 1. The van der Waals surface area contributed by atoms with Crippen LogP contribution in [-0.4, -0.2) is 21.1 Å². The molecule has 0 aliphatic rings. The highest BCUT2D eigenvalue weighted by molar-refractivity contribution is 8.00. The second-order valence-electron chi connectivity index (χ2n) is 4.51. The summed E-state index contributed by atoms with van der Waals surface area (Å²) in [6.07, 6.45) is 1.68. The van der Waals surface area contributed by atoms with Gasteiger partial charge in [-0.15, -0.1) is 10.2 Å². The van der Waals surface area contributed by atoms with Crippen molar-refractivity contribution in [3.8, 4) is 0 Å². The van der Waals surface area contributed by atoms with E-state index in [1.165, 1.54) is 16.9 Å². The molecule has 0 radical (unpaired) electrons. The Kier molecular flexibility index (Phi) is 5.16. The van der Waals surface area contributed by atoms with Crippen molar-refractivity contribution in [2.75, 3.05) is 5.32 Å². The van der Waals surface area contributed by atoms with Gasteiger partial charge in [0.05, 0.1) is 5.56 Å². The number of anilines is 1. The number of H-pyrrole nitrogens is 1. The zero-order valence-electron chi connectivity index (χ0n) is 11.9. The Morgan fingerprint density at radius 3 is 2.83 bits per heavy atom. The van der Waals surface area contributed by atoms with Gasteiger partial charge in [0.15, 0.2) is 4.34 Å². The molecule has 1 amide bonds. The molecule has 0 atom stereocenters. The number of thioether (sulfide) groups is 1. The molecular formula is C15H12N4OS3. The van der Waals surface area contributed by atoms with Crippen LogP contribution in [0.25, 0.3) is 0 Å². The van der Waals surface area contributed by atoms with Crippen molar-refractivity contribution < 1.29 is 4.79 Å². The van der Waals surface area contributed by atoms with Crippen LogP contribution in [0, 0.1) is 4.64 Å². The lowest BCUT2D eigenvalue weighted by Crippen LogP contribution is -2.12. The molecular weight excluding hydrogens is 348 g/mol. The van der Waals surface area contributed by atoms with Gasteiger partial charge in [0, 0.05) is 11.9 Å². The molecule has 0 saturated heterocycles. The SMILES string of the molecule is O=C(Nc1nnc(SCc2ccccc2)s1)c1ccc[nH]c1=S. The van der Waals surface area contributed by atoms with Crippen molar-refractivity contribution in [1.29, 1.82) is 0 Å². The van der Waals surface area contributed by atoms with Gasteiger partial charge in [-0.25, -0.2) is 0 Å². The number of hydrogen-bond donors (Lipinski definition) is 2. The molecule has 0 fully saturated rings. The van der Waals surface area contributed by atoms with Crippen molar-refractivity contribution in [3.05, 3.63) is 64.4 Å². The summed E-state index contributed by atoms with van der Waals surface area (Å²) in [5, 5.41) is 11.3. The standard InChI is InChI=1S/C15H12N4OS3/c20-12(11-7-4-8-16-13(11)21)17-14-18-19-15(23-14)22-9-10-5-2-1-3-6-10/h1-8H,9H2,(H,16,21)(H,17,18,20). The first-order valence-electron chi connectivity index (χ1n) is 6.71. The van der Waals surface area contributed by atoms with Gasteiger partial charge in [-0.3, -0.25) is 10.1 Å². The molecule has 0 spiro atoms. The number of rotatable bonds is 5. The minimum atomic E-state index is -0.289. The van der Waals surface area contributed by atoms with Crippen LogP contribution in [0.4, 0.5) is 5.13 Å². The highest BCUT2D eigenvalue weighted by atomic mass is 32.2. The number of carbonyl (C=O) groups excluding carboxylic acids is 1. The molecule has 0 saturated carbocycles. The van der Waals surface area contributed by atoms with Crippen LogP contribution in [0.2, 0.25) is 0 Å². The fourth-order valence-electron chi connectivity index (χ4n) is 1.80.